The Balaban J connectivity index is 3.09. The third-order valence-electron chi connectivity index (χ3n) is 3.20. The summed E-state index contributed by atoms with van der Waals surface area (Å²) < 4.78 is 89.5. The van der Waals surface area contributed by atoms with E-state index >= 15 is 0 Å². The van der Waals surface area contributed by atoms with Crippen molar-refractivity contribution in [3.05, 3.63) is 16.0 Å². The summed E-state index contributed by atoms with van der Waals surface area (Å²) in [6, 6.07) is 0.769. The van der Waals surface area contributed by atoms with Crippen LogP contribution in [0.2, 0.25) is 25.7 Å². The molecule has 6 nitrogen and oxygen atoms in total. The first-order valence-electron chi connectivity index (χ1n) is 8.18. The second-order valence-corrected chi connectivity index (χ2v) is 12.8. The Bertz CT molecular complexity index is 713. The molecule has 0 aliphatic carbocycles. The van der Waals surface area contributed by atoms with Crippen molar-refractivity contribution in [2.75, 3.05) is 19.8 Å². The molecule has 0 fully saturated rings. The molecule has 13 heteroatoms. The number of aromatic nitrogens is 2. The smallest absolute Gasteiger partial charge is 0.422 e. The van der Waals surface area contributed by atoms with Crippen molar-refractivity contribution < 1.29 is 40.6 Å². The average molecular weight is 436 g/mol. The van der Waals surface area contributed by atoms with Crippen molar-refractivity contribution in [3.8, 4) is 11.5 Å². The van der Waals surface area contributed by atoms with Crippen LogP contribution in [0.4, 0.5) is 26.3 Å². The van der Waals surface area contributed by atoms with Crippen LogP contribution in [0.3, 0.4) is 0 Å². The second kappa shape index (κ2) is 9.16. The lowest BCUT2D eigenvalue weighted by Crippen LogP contribution is -2.31. The minimum Gasteiger partial charge on any atom is -0.478 e. The first-order chi connectivity index (χ1) is 12.6. The highest BCUT2D eigenvalue weighted by Gasteiger charge is 2.33. The molecule has 0 saturated heterocycles. The third kappa shape index (κ3) is 8.95. The minimum atomic E-state index is -4.80. The zero-order chi connectivity index (χ0) is 21.8. The summed E-state index contributed by atoms with van der Waals surface area (Å²) in [7, 11) is -1.41. The summed E-state index contributed by atoms with van der Waals surface area (Å²) in [5.41, 5.74) is -1.42. The van der Waals surface area contributed by atoms with Gasteiger partial charge in [-0.15, -0.1) is 0 Å². The standard InChI is InChI=1S/C15H22F6N2O4Si/c1-10-11(26-7-14(16,17)18)12(27-8-15(19,20)21)13(24)23(22-10)9-25-5-6-28(2,3)4/h5-9H2,1-4H3. The van der Waals surface area contributed by atoms with E-state index in [4.69, 9.17) is 4.74 Å². The van der Waals surface area contributed by atoms with Crippen molar-refractivity contribution >= 4 is 8.07 Å². The van der Waals surface area contributed by atoms with Gasteiger partial charge in [-0.1, -0.05) is 19.6 Å². The number of nitrogens with zero attached hydrogens (tertiary/aromatic N) is 2. The molecule has 1 aromatic heterocycles. The van der Waals surface area contributed by atoms with Gasteiger partial charge in [-0.3, -0.25) is 4.79 Å². The van der Waals surface area contributed by atoms with E-state index in [1.165, 1.54) is 6.92 Å². The van der Waals surface area contributed by atoms with Gasteiger partial charge >= 0.3 is 17.9 Å². The van der Waals surface area contributed by atoms with Crippen LogP contribution in [0.1, 0.15) is 5.69 Å². The maximum absolute atomic E-state index is 12.4. The number of alkyl halides is 6. The summed E-state index contributed by atoms with van der Waals surface area (Å²) >= 11 is 0. The molecule has 0 amide bonds. The van der Waals surface area contributed by atoms with Crippen LogP contribution >= 0.6 is 0 Å². The highest BCUT2D eigenvalue weighted by Crippen LogP contribution is 2.29. The van der Waals surface area contributed by atoms with Crippen LogP contribution in [0, 0.1) is 6.92 Å². The molecule has 0 atom stereocenters. The molecule has 0 bridgehead atoms. The van der Waals surface area contributed by atoms with Crippen molar-refractivity contribution in [1.29, 1.82) is 0 Å². The van der Waals surface area contributed by atoms with Gasteiger partial charge in [0, 0.05) is 14.7 Å². The largest absolute Gasteiger partial charge is 0.478 e. The Morgan fingerprint density at radius 2 is 1.46 bits per heavy atom. The predicted molar refractivity (Wildman–Crippen MR) is 90.4 cm³/mol. The summed E-state index contributed by atoms with van der Waals surface area (Å²) in [6.45, 7) is 3.71. The SMILES string of the molecule is Cc1nn(COCC[Si](C)(C)C)c(=O)c(OCC(F)(F)F)c1OCC(F)(F)F. The molecule has 162 valence electrons. The molecule has 0 N–H and O–H groups in total. The van der Waals surface area contributed by atoms with Gasteiger partial charge in [-0.05, 0) is 13.0 Å². The molecule has 0 aromatic carbocycles. The topological polar surface area (TPSA) is 62.6 Å². The van der Waals surface area contributed by atoms with Crippen LogP contribution in [0.5, 0.6) is 11.5 Å². The lowest BCUT2D eigenvalue weighted by atomic mass is 10.3. The number of ether oxygens (including phenoxy) is 3. The van der Waals surface area contributed by atoms with Gasteiger partial charge in [0.25, 0.3) is 0 Å². The fraction of sp³-hybridized carbons (Fsp3) is 0.733. The normalized spacial score (nSPS) is 12.9. The first-order valence-corrected chi connectivity index (χ1v) is 11.9. The number of aryl methyl sites for hydroxylation is 1. The fourth-order valence-corrected chi connectivity index (χ4v) is 2.63. The molecule has 1 heterocycles. The van der Waals surface area contributed by atoms with Crippen LogP contribution in [0.15, 0.2) is 4.79 Å². The van der Waals surface area contributed by atoms with Crippen molar-refractivity contribution in [3.63, 3.8) is 0 Å². The summed E-state index contributed by atoms with van der Waals surface area (Å²) in [5.74, 6) is -1.78. The van der Waals surface area contributed by atoms with Gasteiger partial charge in [-0.25, -0.2) is 0 Å². The summed E-state index contributed by atoms with van der Waals surface area (Å²) in [4.78, 5) is 12.4. The highest BCUT2D eigenvalue weighted by atomic mass is 28.3. The first kappa shape index (κ1) is 24.3. The van der Waals surface area contributed by atoms with Gasteiger partial charge in [0.05, 0.1) is 0 Å². The van der Waals surface area contributed by atoms with Crippen molar-refractivity contribution in [2.24, 2.45) is 0 Å². The lowest BCUT2D eigenvalue weighted by Gasteiger charge is -2.18. The molecular weight excluding hydrogens is 414 g/mol. The van der Waals surface area contributed by atoms with E-state index in [1.807, 2.05) is 0 Å². The average Bonchev–Trinajstić information content (AvgIpc) is 2.48. The Labute approximate surface area is 158 Å². The van der Waals surface area contributed by atoms with Crippen LogP contribution < -0.4 is 15.0 Å². The molecule has 0 saturated carbocycles. The van der Waals surface area contributed by atoms with Crippen molar-refractivity contribution in [1.82, 2.24) is 9.78 Å². The molecule has 0 spiro atoms. The molecule has 0 aliphatic rings. The fourth-order valence-electron chi connectivity index (χ4n) is 1.87. The molecule has 0 radical (unpaired) electrons. The van der Waals surface area contributed by atoms with E-state index in [2.05, 4.69) is 34.2 Å². The zero-order valence-corrected chi connectivity index (χ0v) is 16.8. The monoisotopic (exact) mass is 436 g/mol. The molecule has 1 aromatic rings. The summed E-state index contributed by atoms with van der Waals surface area (Å²) in [6.07, 6.45) is -9.56. The number of rotatable bonds is 9. The van der Waals surface area contributed by atoms with E-state index < -0.39 is 50.7 Å². The molecule has 1 rings (SSSR count). The molecule has 0 unspecified atom stereocenters. The van der Waals surface area contributed by atoms with Crippen LogP contribution in [-0.2, 0) is 11.5 Å². The molecule has 28 heavy (non-hydrogen) atoms. The van der Waals surface area contributed by atoms with Gasteiger partial charge in [0.2, 0.25) is 5.75 Å². The third-order valence-corrected chi connectivity index (χ3v) is 4.91. The minimum absolute atomic E-state index is 0.241. The zero-order valence-electron chi connectivity index (χ0n) is 15.8. The maximum Gasteiger partial charge on any atom is 0.422 e. The quantitative estimate of drug-likeness (QED) is 0.335. The Morgan fingerprint density at radius 1 is 0.964 bits per heavy atom. The van der Waals surface area contributed by atoms with Crippen LogP contribution in [0.25, 0.3) is 0 Å². The van der Waals surface area contributed by atoms with Gasteiger partial charge in [0.15, 0.2) is 19.0 Å². The van der Waals surface area contributed by atoms with E-state index in [0.717, 1.165) is 6.04 Å². The second-order valence-electron chi connectivity index (χ2n) is 7.20. The number of halogens is 6. The predicted octanol–water partition coefficient (Wildman–Crippen LogP) is 3.75. The van der Waals surface area contributed by atoms with Gasteiger partial charge < -0.3 is 14.2 Å². The van der Waals surface area contributed by atoms with Gasteiger partial charge in [0.1, 0.15) is 12.4 Å². The van der Waals surface area contributed by atoms with E-state index in [-0.39, 0.29) is 12.4 Å². The van der Waals surface area contributed by atoms with E-state index in [0.29, 0.717) is 11.3 Å². The van der Waals surface area contributed by atoms with Gasteiger partial charge in [-0.2, -0.15) is 36.1 Å². The van der Waals surface area contributed by atoms with Crippen molar-refractivity contribution in [2.45, 2.75) is 51.7 Å². The van der Waals surface area contributed by atoms with Crippen LogP contribution in [-0.4, -0.2) is 50.0 Å². The Hall–Kier alpha value is -1.76. The molecule has 0 aliphatic heterocycles. The lowest BCUT2D eigenvalue weighted by molar-refractivity contribution is -0.158. The Morgan fingerprint density at radius 3 is 1.93 bits per heavy atom. The molecular formula is C15H22F6N2O4Si. The Kier molecular flexibility index (Phi) is 7.94. The summed E-state index contributed by atoms with van der Waals surface area (Å²) in [5, 5.41) is 3.75. The number of hydrogen-bond acceptors (Lipinski definition) is 5. The highest BCUT2D eigenvalue weighted by molar-refractivity contribution is 6.76. The number of hydrogen-bond donors (Lipinski definition) is 0. The van der Waals surface area contributed by atoms with E-state index in [1.54, 1.807) is 0 Å². The maximum atomic E-state index is 12.4. The van der Waals surface area contributed by atoms with E-state index in [9.17, 15) is 31.1 Å².